The number of pyridine rings is 1. The van der Waals surface area contributed by atoms with E-state index >= 15 is 0 Å². The second-order valence-electron chi connectivity index (χ2n) is 6.23. The van der Waals surface area contributed by atoms with Crippen LogP contribution in [0.5, 0.6) is 5.75 Å². The summed E-state index contributed by atoms with van der Waals surface area (Å²) in [5.74, 6) is 0.795. The number of Topliss-reactive ketones (excluding diaryl/α,β-unsaturated/α-hetero) is 1. The number of methoxy groups -OCH3 is 1. The van der Waals surface area contributed by atoms with Crippen molar-refractivity contribution < 1.29 is 22.7 Å². The number of nitrogens with zero attached hydrogens (tertiary/aromatic N) is 2. The van der Waals surface area contributed by atoms with Crippen molar-refractivity contribution in [2.24, 2.45) is 0 Å². The summed E-state index contributed by atoms with van der Waals surface area (Å²) < 4.78 is 44.0. The lowest BCUT2D eigenvalue weighted by Gasteiger charge is -2.36. The quantitative estimate of drug-likeness (QED) is 0.785. The average Bonchev–Trinajstić information content (AvgIpc) is 2.64. The first-order chi connectivity index (χ1) is 12.4. The Kier molecular flexibility index (Phi) is 5.15. The normalized spacial score (nSPS) is 15.8. The molecule has 1 aromatic heterocycles. The second kappa shape index (κ2) is 7.35. The number of benzene rings is 1. The van der Waals surface area contributed by atoms with Gasteiger partial charge in [-0.05, 0) is 37.1 Å². The number of ketones is 1. The van der Waals surface area contributed by atoms with Gasteiger partial charge in [0.25, 0.3) is 0 Å². The van der Waals surface area contributed by atoms with Gasteiger partial charge in [-0.1, -0.05) is 0 Å². The van der Waals surface area contributed by atoms with E-state index in [1.165, 1.54) is 19.2 Å². The third-order valence-corrected chi connectivity index (χ3v) is 4.59. The Hall–Kier alpha value is -2.57. The summed E-state index contributed by atoms with van der Waals surface area (Å²) in [5.41, 5.74) is 0.593. The van der Waals surface area contributed by atoms with Crippen LogP contribution in [0.1, 0.15) is 31.2 Å². The average molecular weight is 364 g/mol. The third-order valence-electron chi connectivity index (χ3n) is 4.59. The molecule has 4 nitrogen and oxygen atoms in total. The fourth-order valence-electron chi connectivity index (χ4n) is 3.27. The number of halogens is 3. The summed E-state index contributed by atoms with van der Waals surface area (Å²) in [6.45, 7) is 0. The van der Waals surface area contributed by atoms with Crippen molar-refractivity contribution in [1.82, 2.24) is 4.98 Å². The fraction of sp³-hybridized carbons (Fsp3) is 0.368. The molecule has 0 radical (unpaired) electrons. The molecule has 0 amide bonds. The molecule has 1 aliphatic rings. The van der Waals surface area contributed by atoms with E-state index in [0.717, 1.165) is 12.1 Å². The Balaban J connectivity index is 2.01. The molecule has 0 N–H and O–H groups in total. The van der Waals surface area contributed by atoms with Gasteiger partial charge in [0.05, 0.1) is 18.9 Å². The predicted octanol–water partition coefficient (Wildman–Crippen LogP) is 4.76. The number of aromatic nitrogens is 1. The van der Waals surface area contributed by atoms with Crippen molar-refractivity contribution in [1.29, 1.82) is 0 Å². The van der Waals surface area contributed by atoms with Gasteiger partial charge < -0.3 is 9.64 Å². The molecule has 138 valence electrons. The van der Waals surface area contributed by atoms with E-state index in [1.54, 1.807) is 18.5 Å². The van der Waals surface area contributed by atoms with Crippen molar-refractivity contribution in [2.45, 2.75) is 37.9 Å². The molecule has 7 heteroatoms. The highest BCUT2D eigenvalue weighted by Gasteiger charge is 2.32. The molecule has 26 heavy (non-hydrogen) atoms. The van der Waals surface area contributed by atoms with Gasteiger partial charge >= 0.3 is 6.18 Å². The molecule has 1 aliphatic carbocycles. The molecule has 0 aliphatic heterocycles. The number of carbonyl (C=O) groups excluding carboxylic acids is 1. The Bertz CT molecular complexity index is 765. The standard InChI is InChI=1S/C19H19F3N2O2/c1-26-18-10-11-23-12-17(18)24(15-6-8-16(25)9-7-15)14-4-2-13(3-5-14)19(20,21)22/h2-5,10-12,15H,6-9H2,1H3. The Morgan fingerprint density at radius 3 is 2.35 bits per heavy atom. The van der Waals surface area contributed by atoms with E-state index in [4.69, 9.17) is 4.74 Å². The van der Waals surface area contributed by atoms with Crippen LogP contribution in [0.2, 0.25) is 0 Å². The molecular formula is C19H19F3N2O2. The number of ether oxygens (including phenoxy) is 1. The van der Waals surface area contributed by atoms with Crippen LogP contribution >= 0.6 is 0 Å². The molecule has 3 rings (SSSR count). The van der Waals surface area contributed by atoms with Gasteiger partial charge in [0.2, 0.25) is 0 Å². The Morgan fingerprint density at radius 2 is 1.77 bits per heavy atom. The van der Waals surface area contributed by atoms with Gasteiger partial charge in [0, 0.05) is 36.8 Å². The zero-order valence-electron chi connectivity index (χ0n) is 14.3. The van der Waals surface area contributed by atoms with Gasteiger partial charge in [-0.2, -0.15) is 13.2 Å². The van der Waals surface area contributed by atoms with E-state index in [9.17, 15) is 18.0 Å². The van der Waals surface area contributed by atoms with Crippen LogP contribution in [0, 0.1) is 0 Å². The number of hydrogen-bond donors (Lipinski definition) is 0. The van der Waals surface area contributed by atoms with Crippen molar-refractivity contribution in [2.75, 3.05) is 12.0 Å². The molecular weight excluding hydrogens is 345 g/mol. The minimum atomic E-state index is -4.38. The lowest BCUT2D eigenvalue weighted by molar-refractivity contribution is -0.137. The highest BCUT2D eigenvalue weighted by molar-refractivity contribution is 5.80. The minimum absolute atomic E-state index is 0.0115. The van der Waals surface area contributed by atoms with Crippen LogP contribution < -0.4 is 9.64 Å². The summed E-state index contributed by atoms with van der Waals surface area (Å²) in [5, 5.41) is 0. The number of rotatable bonds is 4. The zero-order chi connectivity index (χ0) is 18.7. The van der Waals surface area contributed by atoms with E-state index in [-0.39, 0.29) is 11.8 Å². The van der Waals surface area contributed by atoms with Crippen LogP contribution in [-0.2, 0) is 11.0 Å². The molecule has 0 bridgehead atoms. The van der Waals surface area contributed by atoms with Gasteiger partial charge in [-0.15, -0.1) is 0 Å². The summed E-state index contributed by atoms with van der Waals surface area (Å²) in [7, 11) is 1.54. The summed E-state index contributed by atoms with van der Waals surface area (Å²) in [6, 6.07) is 6.73. The van der Waals surface area contributed by atoms with Crippen LogP contribution in [0.25, 0.3) is 0 Å². The molecule has 1 fully saturated rings. The monoisotopic (exact) mass is 364 g/mol. The molecule has 2 aromatic rings. The maximum absolute atomic E-state index is 12.9. The maximum Gasteiger partial charge on any atom is 0.416 e. The van der Waals surface area contributed by atoms with E-state index < -0.39 is 11.7 Å². The second-order valence-corrected chi connectivity index (χ2v) is 6.23. The van der Waals surface area contributed by atoms with Crippen LogP contribution in [-0.4, -0.2) is 23.9 Å². The molecule has 0 atom stereocenters. The first kappa shape index (κ1) is 18.2. The Morgan fingerprint density at radius 1 is 1.12 bits per heavy atom. The van der Waals surface area contributed by atoms with E-state index in [2.05, 4.69) is 4.98 Å². The number of alkyl halides is 3. The topological polar surface area (TPSA) is 42.4 Å². The molecule has 1 saturated carbocycles. The highest BCUT2D eigenvalue weighted by atomic mass is 19.4. The minimum Gasteiger partial charge on any atom is -0.494 e. The van der Waals surface area contributed by atoms with Crippen LogP contribution in [0.3, 0.4) is 0 Å². The first-order valence-electron chi connectivity index (χ1n) is 8.36. The highest BCUT2D eigenvalue weighted by Crippen LogP contribution is 2.39. The van der Waals surface area contributed by atoms with E-state index in [0.29, 0.717) is 42.8 Å². The van der Waals surface area contributed by atoms with E-state index in [1.807, 2.05) is 4.90 Å². The van der Waals surface area contributed by atoms with Gasteiger partial charge in [-0.3, -0.25) is 9.78 Å². The largest absolute Gasteiger partial charge is 0.494 e. The smallest absolute Gasteiger partial charge is 0.416 e. The van der Waals surface area contributed by atoms with Gasteiger partial charge in [0.1, 0.15) is 17.2 Å². The summed E-state index contributed by atoms with van der Waals surface area (Å²) >= 11 is 0. The van der Waals surface area contributed by atoms with Crippen LogP contribution in [0.15, 0.2) is 42.7 Å². The lowest BCUT2D eigenvalue weighted by Crippen LogP contribution is -2.35. The number of anilines is 2. The maximum atomic E-state index is 12.9. The SMILES string of the molecule is COc1ccncc1N(c1ccc(C(F)(F)F)cc1)C1CCC(=O)CC1. The molecule has 1 aromatic carbocycles. The number of carbonyl (C=O) groups is 1. The summed E-state index contributed by atoms with van der Waals surface area (Å²) in [6.07, 6.45) is 1.04. The van der Waals surface area contributed by atoms with Crippen molar-refractivity contribution in [3.63, 3.8) is 0 Å². The zero-order valence-corrected chi connectivity index (χ0v) is 14.3. The van der Waals surface area contributed by atoms with Crippen molar-refractivity contribution in [3.05, 3.63) is 48.3 Å². The fourth-order valence-corrected chi connectivity index (χ4v) is 3.27. The molecule has 0 saturated heterocycles. The molecule has 1 heterocycles. The summed E-state index contributed by atoms with van der Waals surface area (Å²) in [4.78, 5) is 17.7. The third kappa shape index (κ3) is 3.81. The van der Waals surface area contributed by atoms with Crippen molar-refractivity contribution >= 4 is 17.2 Å². The van der Waals surface area contributed by atoms with Crippen molar-refractivity contribution in [3.8, 4) is 5.75 Å². The molecule has 0 unspecified atom stereocenters. The predicted molar refractivity (Wildman–Crippen MR) is 91.6 cm³/mol. The van der Waals surface area contributed by atoms with Gasteiger partial charge in [0.15, 0.2) is 0 Å². The number of hydrogen-bond acceptors (Lipinski definition) is 4. The lowest BCUT2D eigenvalue weighted by atomic mass is 9.92. The van der Waals surface area contributed by atoms with Gasteiger partial charge in [-0.25, -0.2) is 0 Å². The Labute approximate surface area is 149 Å². The first-order valence-corrected chi connectivity index (χ1v) is 8.36. The molecule has 0 spiro atoms. The van der Waals surface area contributed by atoms with Crippen LogP contribution in [0.4, 0.5) is 24.5 Å².